The second-order valence-corrected chi connectivity index (χ2v) is 5.74. The molecule has 2 N–H and O–H groups in total. The van der Waals surface area contributed by atoms with Crippen molar-refractivity contribution in [1.82, 2.24) is 5.32 Å². The molecule has 0 bridgehead atoms. The van der Waals surface area contributed by atoms with E-state index in [1.54, 1.807) is 0 Å². The maximum absolute atomic E-state index is 11.9. The third-order valence-corrected chi connectivity index (χ3v) is 4.41. The van der Waals surface area contributed by atoms with Crippen molar-refractivity contribution in [1.29, 1.82) is 0 Å². The van der Waals surface area contributed by atoms with Gasteiger partial charge in [-0.1, -0.05) is 19.8 Å². The molecule has 0 aromatic heterocycles. The fourth-order valence-electron chi connectivity index (χ4n) is 2.98. The second-order valence-electron chi connectivity index (χ2n) is 5.74. The molecule has 4 nitrogen and oxygen atoms in total. The summed E-state index contributed by atoms with van der Waals surface area (Å²) in [6, 6.07) is 0. The van der Waals surface area contributed by atoms with E-state index in [1.165, 1.54) is 6.42 Å². The predicted molar refractivity (Wildman–Crippen MR) is 63.4 cm³/mol. The molecule has 0 aromatic rings. The minimum absolute atomic E-state index is 0.268. The number of nitrogens with one attached hydrogen (secondary N) is 1. The molecule has 2 saturated carbocycles. The molecule has 0 spiro atoms. The average Bonchev–Trinajstić information content (AvgIpc) is 2.59. The van der Waals surface area contributed by atoms with Crippen molar-refractivity contribution in [3.8, 4) is 0 Å². The average molecular weight is 239 g/mol. The molecule has 2 atom stereocenters. The lowest BCUT2D eigenvalue weighted by atomic mass is 9.68. The number of hydrogen-bond donors (Lipinski definition) is 2. The van der Waals surface area contributed by atoms with Crippen LogP contribution in [0, 0.1) is 17.3 Å². The van der Waals surface area contributed by atoms with Gasteiger partial charge < -0.3 is 10.4 Å². The zero-order chi connectivity index (χ0) is 12.5. The van der Waals surface area contributed by atoms with Gasteiger partial charge >= 0.3 is 5.97 Å². The molecule has 1 amide bonds. The maximum atomic E-state index is 11.9. The van der Waals surface area contributed by atoms with Crippen molar-refractivity contribution in [3.63, 3.8) is 0 Å². The van der Waals surface area contributed by atoms with Gasteiger partial charge in [0, 0.05) is 6.54 Å². The molecular formula is C13H21NO3. The maximum Gasteiger partial charge on any atom is 0.319 e. The number of rotatable bonds is 4. The van der Waals surface area contributed by atoms with Crippen LogP contribution in [0.15, 0.2) is 0 Å². The molecule has 0 heterocycles. The van der Waals surface area contributed by atoms with Crippen LogP contribution in [0.4, 0.5) is 0 Å². The second kappa shape index (κ2) is 4.67. The van der Waals surface area contributed by atoms with Crippen LogP contribution in [0.5, 0.6) is 0 Å². The van der Waals surface area contributed by atoms with Gasteiger partial charge in [0.1, 0.15) is 5.41 Å². The Morgan fingerprint density at radius 2 is 2.06 bits per heavy atom. The van der Waals surface area contributed by atoms with Gasteiger partial charge in [-0.05, 0) is 37.5 Å². The van der Waals surface area contributed by atoms with Crippen LogP contribution in [0.1, 0.15) is 45.4 Å². The van der Waals surface area contributed by atoms with Crippen LogP contribution in [-0.2, 0) is 9.59 Å². The lowest BCUT2D eigenvalue weighted by Crippen LogP contribution is -2.51. The molecule has 2 unspecified atom stereocenters. The van der Waals surface area contributed by atoms with Crippen LogP contribution in [-0.4, -0.2) is 23.5 Å². The molecule has 2 aliphatic rings. The van der Waals surface area contributed by atoms with Crippen molar-refractivity contribution in [2.24, 2.45) is 17.3 Å². The van der Waals surface area contributed by atoms with Gasteiger partial charge in [0.2, 0.25) is 5.91 Å². The summed E-state index contributed by atoms with van der Waals surface area (Å²) in [4.78, 5) is 23.1. The van der Waals surface area contributed by atoms with Crippen molar-refractivity contribution in [2.75, 3.05) is 6.54 Å². The van der Waals surface area contributed by atoms with Crippen LogP contribution in [0.2, 0.25) is 0 Å². The Bertz CT molecular complexity index is 323. The molecule has 2 fully saturated rings. The Morgan fingerprint density at radius 1 is 1.35 bits per heavy atom. The van der Waals surface area contributed by atoms with Crippen LogP contribution >= 0.6 is 0 Å². The summed E-state index contributed by atoms with van der Waals surface area (Å²) in [7, 11) is 0. The molecule has 17 heavy (non-hydrogen) atoms. The Labute approximate surface area is 102 Å². The summed E-state index contributed by atoms with van der Waals surface area (Å²) in [5.74, 6) is 0.0609. The first-order valence-corrected chi connectivity index (χ1v) is 6.56. The fraction of sp³-hybridized carbons (Fsp3) is 0.846. The number of carboxylic acid groups (broad SMARTS) is 1. The molecule has 0 aliphatic heterocycles. The summed E-state index contributed by atoms with van der Waals surface area (Å²) in [5.41, 5.74) is -1.11. The number of hydrogen-bond acceptors (Lipinski definition) is 2. The van der Waals surface area contributed by atoms with E-state index in [-0.39, 0.29) is 5.91 Å². The Morgan fingerprint density at radius 3 is 2.47 bits per heavy atom. The van der Waals surface area contributed by atoms with Gasteiger partial charge in [0.05, 0.1) is 0 Å². The van der Waals surface area contributed by atoms with Crippen molar-refractivity contribution in [2.45, 2.75) is 45.4 Å². The largest absolute Gasteiger partial charge is 0.480 e. The Hall–Kier alpha value is -1.06. The number of carbonyl (C=O) groups excluding carboxylic acids is 1. The minimum atomic E-state index is -1.11. The van der Waals surface area contributed by atoms with Crippen LogP contribution < -0.4 is 5.32 Å². The van der Waals surface area contributed by atoms with Gasteiger partial charge in [0.25, 0.3) is 0 Å². The summed E-state index contributed by atoms with van der Waals surface area (Å²) in [6.45, 7) is 2.88. The summed E-state index contributed by atoms with van der Waals surface area (Å²) >= 11 is 0. The molecule has 96 valence electrons. The zero-order valence-electron chi connectivity index (χ0n) is 10.4. The molecule has 4 heteroatoms. The molecule has 0 radical (unpaired) electrons. The van der Waals surface area contributed by atoms with Gasteiger partial charge in [-0.15, -0.1) is 0 Å². The summed E-state index contributed by atoms with van der Waals surface area (Å²) in [5, 5.41) is 12.0. The molecule has 2 rings (SSSR count). The molecule has 0 saturated heterocycles. The van der Waals surface area contributed by atoms with E-state index in [2.05, 4.69) is 12.2 Å². The van der Waals surface area contributed by atoms with E-state index >= 15 is 0 Å². The van der Waals surface area contributed by atoms with E-state index in [1.807, 2.05) is 0 Å². The third-order valence-electron chi connectivity index (χ3n) is 4.41. The normalized spacial score (nSPS) is 30.6. The monoisotopic (exact) mass is 239 g/mol. The third kappa shape index (κ3) is 2.31. The first-order chi connectivity index (χ1) is 8.04. The molecular weight excluding hydrogens is 218 g/mol. The zero-order valence-corrected chi connectivity index (χ0v) is 10.4. The standard InChI is InChI=1S/C13H21NO3/c1-9-3-4-10(7-9)8-14-11(15)13(12(16)17)5-2-6-13/h9-10H,2-8H2,1H3,(H,14,15)(H,16,17). The van der Waals surface area contributed by atoms with E-state index in [4.69, 9.17) is 5.11 Å². The lowest BCUT2D eigenvalue weighted by molar-refractivity contribution is -0.162. The predicted octanol–water partition coefficient (Wildman–Crippen LogP) is 1.79. The highest BCUT2D eigenvalue weighted by Gasteiger charge is 2.51. The Kier molecular flexibility index (Phi) is 3.40. The van der Waals surface area contributed by atoms with Crippen molar-refractivity contribution in [3.05, 3.63) is 0 Å². The smallest absolute Gasteiger partial charge is 0.319 e. The quantitative estimate of drug-likeness (QED) is 0.735. The lowest BCUT2D eigenvalue weighted by Gasteiger charge is -2.36. The van der Waals surface area contributed by atoms with Crippen LogP contribution in [0.25, 0.3) is 0 Å². The van der Waals surface area contributed by atoms with Gasteiger partial charge in [-0.2, -0.15) is 0 Å². The van der Waals surface area contributed by atoms with E-state index < -0.39 is 11.4 Å². The highest BCUT2D eigenvalue weighted by atomic mass is 16.4. The van der Waals surface area contributed by atoms with Gasteiger partial charge in [-0.3, -0.25) is 9.59 Å². The highest BCUT2D eigenvalue weighted by Crippen LogP contribution is 2.41. The minimum Gasteiger partial charge on any atom is -0.480 e. The van der Waals surface area contributed by atoms with E-state index in [0.717, 1.165) is 25.2 Å². The number of carbonyl (C=O) groups is 2. The summed E-state index contributed by atoms with van der Waals surface area (Å²) in [6.07, 6.45) is 5.37. The van der Waals surface area contributed by atoms with E-state index in [0.29, 0.717) is 25.3 Å². The molecule has 0 aromatic carbocycles. The van der Waals surface area contributed by atoms with Crippen LogP contribution in [0.3, 0.4) is 0 Å². The number of aliphatic carboxylic acids is 1. The molecule has 2 aliphatic carbocycles. The Balaban J connectivity index is 1.83. The fourth-order valence-corrected chi connectivity index (χ4v) is 2.98. The van der Waals surface area contributed by atoms with Crippen molar-refractivity contribution >= 4 is 11.9 Å². The first kappa shape index (κ1) is 12.4. The van der Waals surface area contributed by atoms with Crippen molar-refractivity contribution < 1.29 is 14.7 Å². The van der Waals surface area contributed by atoms with Gasteiger partial charge in [-0.25, -0.2) is 0 Å². The highest BCUT2D eigenvalue weighted by molar-refractivity contribution is 6.02. The van der Waals surface area contributed by atoms with Gasteiger partial charge in [0.15, 0.2) is 0 Å². The number of amides is 1. The van der Waals surface area contributed by atoms with E-state index in [9.17, 15) is 9.59 Å². The number of carboxylic acids is 1. The first-order valence-electron chi connectivity index (χ1n) is 6.56. The summed E-state index contributed by atoms with van der Waals surface area (Å²) < 4.78 is 0. The topological polar surface area (TPSA) is 66.4 Å². The SMILES string of the molecule is CC1CCC(CNC(=O)C2(C(=O)O)CCC2)C1.